The summed E-state index contributed by atoms with van der Waals surface area (Å²) in [5.41, 5.74) is 8.42. The van der Waals surface area contributed by atoms with Crippen LogP contribution in [0.1, 0.15) is 36.9 Å². The molecule has 174 valence electrons. The second-order valence-corrected chi connectivity index (χ2v) is 8.84. The van der Waals surface area contributed by atoms with Gasteiger partial charge in [0, 0.05) is 47.6 Å². The fraction of sp³-hybridized carbons (Fsp3) is 0.320. The van der Waals surface area contributed by atoms with Crippen LogP contribution in [0.2, 0.25) is 0 Å². The van der Waals surface area contributed by atoms with Gasteiger partial charge in [-0.2, -0.15) is 0 Å². The molecule has 34 heavy (non-hydrogen) atoms. The summed E-state index contributed by atoms with van der Waals surface area (Å²) in [6.07, 6.45) is 6.27. The molecule has 4 heterocycles. The molecule has 1 aliphatic rings. The number of amides is 1. The minimum Gasteiger partial charge on any atom is -0.369 e. The maximum Gasteiger partial charge on any atom is 0.220 e. The van der Waals surface area contributed by atoms with Gasteiger partial charge in [-0.1, -0.05) is 0 Å². The number of aryl methyl sites for hydroxylation is 1. The SMILES string of the molecule is Cc1cc2cc([C@H](C)Nc3ncnc4cnccc34)c(N3CCC(C(N)=O)CC3)nc2cc1F. The highest BCUT2D eigenvalue weighted by Gasteiger charge is 2.27. The molecular formula is C25H26FN7O. The lowest BCUT2D eigenvalue weighted by atomic mass is 9.95. The van der Waals surface area contributed by atoms with Crippen molar-refractivity contribution in [3.05, 3.63) is 59.9 Å². The van der Waals surface area contributed by atoms with Crippen molar-refractivity contribution in [1.29, 1.82) is 0 Å². The van der Waals surface area contributed by atoms with Gasteiger partial charge in [-0.05, 0) is 50.5 Å². The lowest BCUT2D eigenvalue weighted by Crippen LogP contribution is -2.39. The molecule has 0 aliphatic carbocycles. The first kappa shape index (κ1) is 21.9. The number of carbonyl (C=O) groups excluding carboxylic acids is 1. The topological polar surface area (TPSA) is 110 Å². The number of fused-ring (bicyclic) bond motifs is 2. The van der Waals surface area contributed by atoms with Crippen molar-refractivity contribution < 1.29 is 9.18 Å². The van der Waals surface area contributed by atoms with E-state index in [9.17, 15) is 9.18 Å². The highest BCUT2D eigenvalue weighted by atomic mass is 19.1. The number of rotatable bonds is 5. The molecule has 0 saturated carbocycles. The summed E-state index contributed by atoms with van der Waals surface area (Å²) in [4.78, 5) is 31.6. The number of pyridine rings is 2. The van der Waals surface area contributed by atoms with E-state index in [1.165, 1.54) is 12.4 Å². The molecule has 1 atom stereocenters. The highest BCUT2D eigenvalue weighted by molar-refractivity contribution is 5.88. The molecule has 1 amide bonds. The van der Waals surface area contributed by atoms with E-state index in [2.05, 4.69) is 31.2 Å². The van der Waals surface area contributed by atoms with Crippen molar-refractivity contribution in [2.24, 2.45) is 11.7 Å². The number of aromatic nitrogens is 4. The molecule has 0 radical (unpaired) electrons. The summed E-state index contributed by atoms with van der Waals surface area (Å²) >= 11 is 0. The predicted molar refractivity (Wildman–Crippen MR) is 130 cm³/mol. The van der Waals surface area contributed by atoms with Gasteiger partial charge in [0.2, 0.25) is 5.91 Å². The first-order chi connectivity index (χ1) is 16.4. The maximum atomic E-state index is 14.3. The van der Waals surface area contributed by atoms with Gasteiger partial charge in [-0.15, -0.1) is 0 Å². The largest absolute Gasteiger partial charge is 0.369 e. The molecule has 1 aliphatic heterocycles. The van der Waals surface area contributed by atoms with E-state index in [1.54, 1.807) is 19.3 Å². The Morgan fingerprint density at radius 2 is 2.00 bits per heavy atom. The lowest BCUT2D eigenvalue weighted by Gasteiger charge is -2.34. The summed E-state index contributed by atoms with van der Waals surface area (Å²) in [6.45, 7) is 5.11. The van der Waals surface area contributed by atoms with E-state index >= 15 is 0 Å². The third-order valence-corrected chi connectivity index (χ3v) is 6.56. The molecule has 3 N–H and O–H groups in total. The zero-order valence-electron chi connectivity index (χ0n) is 19.1. The molecular weight excluding hydrogens is 433 g/mol. The molecule has 0 spiro atoms. The average molecular weight is 460 g/mol. The number of piperidine rings is 1. The first-order valence-corrected chi connectivity index (χ1v) is 11.4. The van der Waals surface area contributed by atoms with Gasteiger partial charge in [0.15, 0.2) is 0 Å². The summed E-state index contributed by atoms with van der Waals surface area (Å²) in [7, 11) is 0. The fourth-order valence-electron chi connectivity index (χ4n) is 4.57. The number of primary amides is 1. The number of halogens is 1. The molecule has 8 nitrogen and oxygen atoms in total. The van der Waals surface area contributed by atoms with Gasteiger partial charge in [0.1, 0.15) is 23.8 Å². The lowest BCUT2D eigenvalue weighted by molar-refractivity contribution is -0.122. The van der Waals surface area contributed by atoms with E-state index in [0.717, 1.165) is 27.7 Å². The summed E-state index contributed by atoms with van der Waals surface area (Å²) in [5.74, 6) is 0.812. The third-order valence-electron chi connectivity index (χ3n) is 6.56. The standard InChI is InChI=1S/C25H26FN7O/c1-14-9-17-10-19(15(2)31-24-18-3-6-28-12-22(18)29-13-30-24)25(32-21(17)11-20(14)26)33-7-4-16(5-8-33)23(27)34/h3,6,9-13,15-16H,4-5,7-8H2,1-2H3,(H2,27,34)(H,29,30,31)/t15-/m0/s1. The van der Waals surface area contributed by atoms with Gasteiger partial charge < -0.3 is 16.0 Å². The van der Waals surface area contributed by atoms with E-state index in [-0.39, 0.29) is 23.7 Å². The normalized spacial score (nSPS) is 15.6. The monoisotopic (exact) mass is 459 g/mol. The third kappa shape index (κ3) is 4.09. The van der Waals surface area contributed by atoms with Crippen LogP contribution < -0.4 is 16.0 Å². The second-order valence-electron chi connectivity index (χ2n) is 8.84. The van der Waals surface area contributed by atoms with Crippen LogP contribution in [0.5, 0.6) is 0 Å². The minimum absolute atomic E-state index is 0.128. The van der Waals surface area contributed by atoms with Crippen LogP contribution in [0, 0.1) is 18.7 Å². The Hall–Kier alpha value is -3.88. The molecule has 1 fully saturated rings. The Labute approximate surface area is 196 Å². The van der Waals surface area contributed by atoms with Crippen molar-refractivity contribution in [3.8, 4) is 0 Å². The number of benzene rings is 1. The van der Waals surface area contributed by atoms with Crippen LogP contribution in [0.15, 0.2) is 43.0 Å². The van der Waals surface area contributed by atoms with E-state index in [4.69, 9.17) is 10.7 Å². The Kier molecular flexibility index (Phi) is 5.69. The number of nitrogens with one attached hydrogen (secondary N) is 1. The Bertz CT molecular complexity index is 1380. The summed E-state index contributed by atoms with van der Waals surface area (Å²) < 4.78 is 14.3. The van der Waals surface area contributed by atoms with Crippen molar-refractivity contribution in [1.82, 2.24) is 19.9 Å². The second kappa shape index (κ2) is 8.81. The number of nitrogens with zero attached hydrogens (tertiary/aromatic N) is 5. The zero-order valence-corrected chi connectivity index (χ0v) is 19.1. The van der Waals surface area contributed by atoms with E-state index in [0.29, 0.717) is 42.8 Å². The van der Waals surface area contributed by atoms with Gasteiger partial charge in [0.25, 0.3) is 0 Å². The Balaban J connectivity index is 1.55. The zero-order chi connectivity index (χ0) is 23.8. The molecule has 1 saturated heterocycles. The molecule has 3 aromatic heterocycles. The van der Waals surface area contributed by atoms with Crippen LogP contribution in [0.3, 0.4) is 0 Å². The van der Waals surface area contributed by atoms with Crippen LogP contribution in [-0.4, -0.2) is 38.9 Å². The molecule has 5 rings (SSSR count). The molecule has 0 unspecified atom stereocenters. The van der Waals surface area contributed by atoms with Crippen LogP contribution >= 0.6 is 0 Å². The maximum absolute atomic E-state index is 14.3. The summed E-state index contributed by atoms with van der Waals surface area (Å²) in [5, 5.41) is 5.25. The average Bonchev–Trinajstić information content (AvgIpc) is 2.84. The van der Waals surface area contributed by atoms with Crippen molar-refractivity contribution in [2.75, 3.05) is 23.3 Å². The Morgan fingerprint density at radius 1 is 1.21 bits per heavy atom. The van der Waals surface area contributed by atoms with Gasteiger partial charge in [-0.25, -0.2) is 19.3 Å². The van der Waals surface area contributed by atoms with Crippen LogP contribution in [0.4, 0.5) is 16.0 Å². The van der Waals surface area contributed by atoms with Crippen molar-refractivity contribution in [3.63, 3.8) is 0 Å². The summed E-state index contributed by atoms with van der Waals surface area (Å²) in [6, 6.07) is 7.09. The molecule has 4 aromatic rings. The highest BCUT2D eigenvalue weighted by Crippen LogP contribution is 2.34. The number of nitrogens with two attached hydrogens (primary N) is 1. The van der Waals surface area contributed by atoms with Crippen LogP contribution in [-0.2, 0) is 4.79 Å². The Morgan fingerprint density at radius 3 is 2.76 bits per heavy atom. The predicted octanol–water partition coefficient (Wildman–Crippen LogP) is 3.90. The number of carbonyl (C=O) groups is 1. The smallest absolute Gasteiger partial charge is 0.220 e. The van der Waals surface area contributed by atoms with Gasteiger partial charge in [-0.3, -0.25) is 9.78 Å². The van der Waals surface area contributed by atoms with Gasteiger partial charge >= 0.3 is 0 Å². The fourth-order valence-corrected chi connectivity index (χ4v) is 4.57. The molecule has 0 bridgehead atoms. The number of hydrogen-bond donors (Lipinski definition) is 2. The minimum atomic E-state index is -0.279. The molecule has 1 aromatic carbocycles. The quantitative estimate of drug-likeness (QED) is 0.466. The van der Waals surface area contributed by atoms with E-state index < -0.39 is 0 Å². The van der Waals surface area contributed by atoms with E-state index in [1.807, 2.05) is 19.1 Å². The van der Waals surface area contributed by atoms with Crippen molar-refractivity contribution >= 4 is 39.3 Å². The molecule has 9 heteroatoms. The van der Waals surface area contributed by atoms with Crippen molar-refractivity contribution in [2.45, 2.75) is 32.7 Å². The van der Waals surface area contributed by atoms with Crippen LogP contribution in [0.25, 0.3) is 21.8 Å². The van der Waals surface area contributed by atoms with Gasteiger partial charge in [0.05, 0.1) is 23.3 Å². The number of hydrogen-bond acceptors (Lipinski definition) is 7. The number of anilines is 2. The first-order valence-electron chi connectivity index (χ1n) is 11.4.